The lowest BCUT2D eigenvalue weighted by atomic mass is 9.92. The molecule has 0 radical (unpaired) electrons. The van der Waals surface area contributed by atoms with E-state index in [9.17, 15) is 9.90 Å². The number of aromatic nitrogens is 2. The average Bonchev–Trinajstić information content (AvgIpc) is 3.31. The van der Waals surface area contributed by atoms with Crippen LogP contribution in [0.1, 0.15) is 55.1 Å². The molecule has 2 heterocycles. The second kappa shape index (κ2) is 11.6. The van der Waals surface area contributed by atoms with E-state index in [1.165, 1.54) is 5.56 Å². The Hall–Kier alpha value is -3.35. The number of pyridine rings is 1. The molecule has 2 aromatic heterocycles. The minimum atomic E-state index is -0.902. The van der Waals surface area contributed by atoms with Gasteiger partial charge in [-0.1, -0.05) is 45.9 Å². The van der Waals surface area contributed by atoms with Crippen LogP contribution < -0.4 is 4.74 Å². The zero-order valence-corrected chi connectivity index (χ0v) is 22.3. The number of methoxy groups -OCH3 is 1. The van der Waals surface area contributed by atoms with Crippen LogP contribution in [-0.4, -0.2) is 46.1 Å². The van der Waals surface area contributed by atoms with Gasteiger partial charge in [0.15, 0.2) is 0 Å². The number of nitrogens with zero attached hydrogens (tertiary/aromatic N) is 2. The highest BCUT2D eigenvalue weighted by Crippen LogP contribution is 2.36. The van der Waals surface area contributed by atoms with Gasteiger partial charge in [-0.3, -0.25) is 4.90 Å². The highest BCUT2D eigenvalue weighted by Gasteiger charge is 2.17. The van der Waals surface area contributed by atoms with E-state index >= 15 is 0 Å². The summed E-state index contributed by atoms with van der Waals surface area (Å²) >= 11 is 0. The van der Waals surface area contributed by atoms with Crippen LogP contribution in [-0.2, 0) is 6.54 Å². The highest BCUT2D eigenvalue weighted by atomic mass is 35.5. The summed E-state index contributed by atoms with van der Waals surface area (Å²) in [5, 5.41) is 10.6. The number of carboxylic acids is 1. The van der Waals surface area contributed by atoms with Gasteiger partial charge in [0.05, 0.1) is 18.4 Å². The number of nitrogens with one attached hydrogen (secondary N) is 1. The molecular formula is C29H34ClN3O3. The van der Waals surface area contributed by atoms with Crippen molar-refractivity contribution in [1.82, 2.24) is 14.9 Å². The van der Waals surface area contributed by atoms with E-state index in [0.29, 0.717) is 5.56 Å². The molecule has 0 aliphatic carbocycles. The van der Waals surface area contributed by atoms with Gasteiger partial charge in [0.2, 0.25) is 0 Å². The Morgan fingerprint density at radius 1 is 1.06 bits per heavy atom. The molecule has 6 nitrogen and oxygen atoms in total. The van der Waals surface area contributed by atoms with E-state index < -0.39 is 5.97 Å². The van der Waals surface area contributed by atoms with Crippen LogP contribution in [0.25, 0.3) is 33.4 Å². The average molecular weight is 508 g/mol. The van der Waals surface area contributed by atoms with Crippen molar-refractivity contribution in [2.45, 2.75) is 40.2 Å². The first-order valence-electron chi connectivity index (χ1n) is 12.1. The number of carbonyl (C=O) groups is 1. The van der Waals surface area contributed by atoms with Crippen molar-refractivity contribution in [2.24, 2.45) is 0 Å². The highest BCUT2D eigenvalue weighted by molar-refractivity contribution is 5.98. The lowest BCUT2D eigenvalue weighted by molar-refractivity contribution is 0.0695. The molecule has 0 saturated carbocycles. The summed E-state index contributed by atoms with van der Waals surface area (Å²) < 4.78 is 5.69. The van der Waals surface area contributed by atoms with E-state index in [2.05, 4.69) is 46.9 Å². The van der Waals surface area contributed by atoms with Gasteiger partial charge in [0.1, 0.15) is 11.4 Å². The summed E-state index contributed by atoms with van der Waals surface area (Å²) in [6.07, 6.45) is 1.78. The third kappa shape index (κ3) is 5.40. The monoisotopic (exact) mass is 507 g/mol. The van der Waals surface area contributed by atoms with Gasteiger partial charge in [-0.15, -0.1) is 12.4 Å². The Kier molecular flexibility index (Phi) is 8.77. The van der Waals surface area contributed by atoms with Crippen LogP contribution in [0.5, 0.6) is 5.75 Å². The largest absolute Gasteiger partial charge is 0.496 e. The predicted molar refractivity (Wildman–Crippen MR) is 148 cm³/mol. The molecule has 0 unspecified atom stereocenters. The van der Waals surface area contributed by atoms with Crippen molar-refractivity contribution < 1.29 is 14.6 Å². The number of ether oxygens (including phenoxy) is 1. The van der Waals surface area contributed by atoms with Gasteiger partial charge in [-0.2, -0.15) is 0 Å². The first kappa shape index (κ1) is 27.2. The Labute approximate surface area is 218 Å². The number of fused-ring (bicyclic) bond motifs is 1. The number of aromatic amines is 1. The lowest BCUT2D eigenvalue weighted by Gasteiger charge is -2.19. The van der Waals surface area contributed by atoms with E-state index in [0.717, 1.165) is 64.4 Å². The molecule has 0 spiro atoms. The second-order valence-corrected chi connectivity index (χ2v) is 9.06. The lowest BCUT2D eigenvalue weighted by Crippen LogP contribution is -2.22. The van der Waals surface area contributed by atoms with Crippen LogP contribution in [0, 0.1) is 0 Å². The van der Waals surface area contributed by atoms with Crippen molar-refractivity contribution in [3.05, 3.63) is 71.4 Å². The van der Waals surface area contributed by atoms with Gasteiger partial charge in [-0.25, -0.2) is 9.78 Å². The quantitative estimate of drug-likeness (QED) is 0.255. The van der Waals surface area contributed by atoms with Crippen LogP contribution in [0.4, 0.5) is 0 Å². The molecule has 0 fully saturated rings. The summed E-state index contributed by atoms with van der Waals surface area (Å²) in [7, 11) is 1.69. The van der Waals surface area contributed by atoms with Crippen molar-refractivity contribution in [3.8, 4) is 28.1 Å². The molecule has 0 amide bonds. The van der Waals surface area contributed by atoms with Crippen LogP contribution in [0.3, 0.4) is 0 Å². The molecule has 0 aliphatic heterocycles. The summed E-state index contributed by atoms with van der Waals surface area (Å²) in [6.45, 7) is 11.2. The molecule has 4 rings (SSSR count). The van der Waals surface area contributed by atoms with Crippen molar-refractivity contribution in [3.63, 3.8) is 0 Å². The van der Waals surface area contributed by atoms with Crippen LogP contribution in [0.2, 0.25) is 0 Å². The summed E-state index contributed by atoms with van der Waals surface area (Å²) in [5.41, 5.74) is 7.08. The number of hydrogen-bond acceptors (Lipinski definition) is 4. The molecule has 2 N–H and O–H groups in total. The predicted octanol–water partition coefficient (Wildman–Crippen LogP) is 6.99. The SMILES string of the molecule is CCN(CC)Cc1ccc(OC)c(-c2cc3c(-c4ccc(C(=O)O)c(C(C)C)c4)ccnc3[nH]2)c1.Cl. The number of hydrogen-bond donors (Lipinski definition) is 2. The fourth-order valence-electron chi connectivity index (χ4n) is 4.60. The van der Waals surface area contributed by atoms with Crippen LogP contribution >= 0.6 is 12.4 Å². The normalized spacial score (nSPS) is 11.2. The number of halogens is 1. The second-order valence-electron chi connectivity index (χ2n) is 9.06. The van der Waals surface area contributed by atoms with Gasteiger partial charge < -0.3 is 14.8 Å². The maximum atomic E-state index is 11.7. The maximum absolute atomic E-state index is 11.7. The Morgan fingerprint density at radius 3 is 2.44 bits per heavy atom. The van der Waals surface area contributed by atoms with E-state index in [4.69, 9.17) is 4.74 Å². The van der Waals surface area contributed by atoms with Crippen molar-refractivity contribution >= 4 is 29.4 Å². The molecular weight excluding hydrogens is 474 g/mol. The molecule has 7 heteroatoms. The van der Waals surface area contributed by atoms with E-state index in [1.54, 1.807) is 19.4 Å². The smallest absolute Gasteiger partial charge is 0.335 e. The molecule has 2 aromatic carbocycles. The molecule has 0 bridgehead atoms. The number of benzene rings is 2. The number of carboxylic acid groups (broad SMARTS) is 1. The van der Waals surface area contributed by atoms with Crippen molar-refractivity contribution in [2.75, 3.05) is 20.2 Å². The van der Waals surface area contributed by atoms with E-state index in [1.807, 2.05) is 38.1 Å². The van der Waals surface area contributed by atoms with Gasteiger partial charge in [0, 0.05) is 23.7 Å². The first-order valence-corrected chi connectivity index (χ1v) is 12.1. The third-order valence-electron chi connectivity index (χ3n) is 6.60. The minimum absolute atomic E-state index is 0. The van der Waals surface area contributed by atoms with E-state index in [-0.39, 0.29) is 18.3 Å². The summed E-state index contributed by atoms with van der Waals surface area (Å²) in [4.78, 5) is 22.1. The molecule has 0 saturated heterocycles. The minimum Gasteiger partial charge on any atom is -0.496 e. The zero-order chi connectivity index (χ0) is 25.1. The Morgan fingerprint density at radius 2 is 1.81 bits per heavy atom. The first-order chi connectivity index (χ1) is 16.9. The van der Waals surface area contributed by atoms with Crippen molar-refractivity contribution in [1.29, 1.82) is 0 Å². The third-order valence-corrected chi connectivity index (χ3v) is 6.60. The fourth-order valence-corrected chi connectivity index (χ4v) is 4.60. The fraction of sp³-hybridized carbons (Fsp3) is 0.310. The van der Waals surface area contributed by atoms with Gasteiger partial charge >= 0.3 is 5.97 Å². The Bertz CT molecular complexity index is 1360. The van der Waals surface area contributed by atoms with Crippen LogP contribution in [0.15, 0.2) is 54.7 Å². The van der Waals surface area contributed by atoms with Gasteiger partial charge in [0.25, 0.3) is 0 Å². The molecule has 190 valence electrons. The standard InChI is InChI=1S/C29H33N3O3.ClH/c1-6-32(7-2)17-19-8-11-27(35-5)25(14-19)26-16-24-21(12-13-30-28(24)31-26)20-9-10-22(29(33)34)23(15-20)18(3)4;/h8-16,18H,6-7,17H2,1-5H3,(H,30,31)(H,33,34);1H. The number of aromatic carboxylic acids is 1. The number of H-pyrrole nitrogens is 1. The molecule has 4 aromatic rings. The number of rotatable bonds is 9. The van der Waals surface area contributed by atoms with Gasteiger partial charge in [-0.05, 0) is 71.6 Å². The Balaban J connectivity index is 0.00000361. The summed E-state index contributed by atoms with van der Waals surface area (Å²) in [5.74, 6) is -0.00646. The summed E-state index contributed by atoms with van der Waals surface area (Å²) in [6, 6.07) is 16.0. The topological polar surface area (TPSA) is 78.4 Å². The molecule has 0 atom stereocenters. The molecule has 36 heavy (non-hydrogen) atoms. The maximum Gasteiger partial charge on any atom is 0.335 e. The molecule has 0 aliphatic rings. The zero-order valence-electron chi connectivity index (χ0n) is 21.5.